The molecule has 4 rings (SSSR count). The van der Waals surface area contributed by atoms with Gasteiger partial charge in [-0.15, -0.1) is 0 Å². The molecule has 0 bridgehead atoms. The molecule has 1 amide bonds. The molecule has 0 unspecified atom stereocenters. The van der Waals surface area contributed by atoms with E-state index in [1.54, 1.807) is 18.6 Å². The maximum absolute atomic E-state index is 12.3. The topological polar surface area (TPSA) is 46.9 Å². The highest BCUT2D eigenvalue weighted by molar-refractivity contribution is 6.02. The summed E-state index contributed by atoms with van der Waals surface area (Å²) in [4.78, 5) is 16.4. The number of anilines is 1. The van der Waals surface area contributed by atoms with Crippen molar-refractivity contribution < 1.29 is 4.79 Å². The Balaban J connectivity index is 1.38. The molecule has 0 saturated carbocycles. The SMILES string of the molecule is Cc1ccc(-c2cccc(C=CC(=O)Nc3ccc(Cn4ccnc4)cc3)c2)cc1. The highest BCUT2D eigenvalue weighted by Crippen LogP contribution is 2.21. The van der Waals surface area contributed by atoms with Gasteiger partial charge in [0.1, 0.15) is 0 Å². The molecule has 0 aliphatic rings. The smallest absolute Gasteiger partial charge is 0.248 e. The number of nitrogens with one attached hydrogen (secondary N) is 1. The van der Waals surface area contributed by atoms with Gasteiger partial charge >= 0.3 is 0 Å². The molecule has 30 heavy (non-hydrogen) atoms. The van der Waals surface area contributed by atoms with E-state index in [0.29, 0.717) is 0 Å². The van der Waals surface area contributed by atoms with Crippen molar-refractivity contribution >= 4 is 17.7 Å². The summed E-state index contributed by atoms with van der Waals surface area (Å²) in [6.45, 7) is 2.83. The lowest BCUT2D eigenvalue weighted by Gasteiger charge is -2.06. The van der Waals surface area contributed by atoms with Crippen LogP contribution in [-0.2, 0) is 11.3 Å². The minimum absolute atomic E-state index is 0.155. The van der Waals surface area contributed by atoms with Crippen LogP contribution in [0.3, 0.4) is 0 Å². The molecular formula is C26H23N3O. The van der Waals surface area contributed by atoms with Gasteiger partial charge in [-0.25, -0.2) is 4.98 Å². The summed E-state index contributed by atoms with van der Waals surface area (Å²) < 4.78 is 2.00. The molecule has 0 radical (unpaired) electrons. The minimum atomic E-state index is -0.155. The molecule has 0 aliphatic carbocycles. The Morgan fingerprint density at radius 3 is 2.53 bits per heavy atom. The number of benzene rings is 3. The molecule has 1 heterocycles. The molecule has 0 spiro atoms. The van der Waals surface area contributed by atoms with Crippen molar-refractivity contribution in [3.05, 3.63) is 114 Å². The van der Waals surface area contributed by atoms with Gasteiger partial charge in [-0.2, -0.15) is 0 Å². The van der Waals surface area contributed by atoms with Crippen LogP contribution in [0, 0.1) is 6.92 Å². The largest absolute Gasteiger partial charge is 0.333 e. The fourth-order valence-corrected chi connectivity index (χ4v) is 3.21. The third-order valence-electron chi connectivity index (χ3n) is 4.84. The van der Waals surface area contributed by atoms with Crippen LogP contribution in [0.4, 0.5) is 5.69 Å². The average molecular weight is 393 g/mol. The summed E-state index contributed by atoms with van der Waals surface area (Å²) in [7, 11) is 0. The predicted octanol–water partition coefficient (Wildman–Crippen LogP) is 5.56. The summed E-state index contributed by atoms with van der Waals surface area (Å²) in [5.74, 6) is -0.155. The van der Waals surface area contributed by atoms with Crippen LogP contribution in [0.15, 0.2) is 97.6 Å². The predicted molar refractivity (Wildman–Crippen MR) is 122 cm³/mol. The maximum atomic E-state index is 12.3. The van der Waals surface area contributed by atoms with Gasteiger partial charge in [0.05, 0.1) is 6.33 Å². The second-order valence-corrected chi connectivity index (χ2v) is 7.25. The molecule has 1 N–H and O–H groups in total. The van der Waals surface area contributed by atoms with Gasteiger partial charge < -0.3 is 9.88 Å². The summed E-state index contributed by atoms with van der Waals surface area (Å²) in [5.41, 5.74) is 6.43. The fraction of sp³-hybridized carbons (Fsp3) is 0.0769. The zero-order valence-corrected chi connectivity index (χ0v) is 16.8. The number of rotatable bonds is 6. The van der Waals surface area contributed by atoms with E-state index < -0.39 is 0 Å². The number of hydrogen-bond acceptors (Lipinski definition) is 2. The molecule has 0 fully saturated rings. The lowest BCUT2D eigenvalue weighted by atomic mass is 10.0. The van der Waals surface area contributed by atoms with Crippen LogP contribution in [-0.4, -0.2) is 15.5 Å². The van der Waals surface area contributed by atoms with Crippen LogP contribution in [0.2, 0.25) is 0 Å². The first-order chi connectivity index (χ1) is 14.7. The number of aryl methyl sites for hydroxylation is 1. The van der Waals surface area contributed by atoms with E-state index in [4.69, 9.17) is 0 Å². The molecule has 4 aromatic rings. The van der Waals surface area contributed by atoms with E-state index in [1.807, 2.05) is 53.2 Å². The van der Waals surface area contributed by atoms with Crippen LogP contribution >= 0.6 is 0 Å². The zero-order chi connectivity index (χ0) is 20.8. The van der Waals surface area contributed by atoms with Crippen LogP contribution in [0.1, 0.15) is 16.7 Å². The van der Waals surface area contributed by atoms with Gasteiger partial charge in [-0.3, -0.25) is 4.79 Å². The minimum Gasteiger partial charge on any atom is -0.333 e. The lowest BCUT2D eigenvalue weighted by molar-refractivity contribution is -0.111. The number of aromatic nitrogens is 2. The van der Waals surface area contributed by atoms with E-state index >= 15 is 0 Å². The van der Waals surface area contributed by atoms with E-state index in [1.165, 1.54) is 5.56 Å². The van der Waals surface area contributed by atoms with Crippen molar-refractivity contribution in [3.63, 3.8) is 0 Å². The van der Waals surface area contributed by atoms with Gasteiger partial charge in [-0.1, -0.05) is 60.2 Å². The van der Waals surface area contributed by atoms with Gasteiger partial charge in [0.15, 0.2) is 0 Å². The monoisotopic (exact) mass is 393 g/mol. The Morgan fingerprint density at radius 2 is 1.80 bits per heavy atom. The van der Waals surface area contributed by atoms with Crippen LogP contribution in [0.25, 0.3) is 17.2 Å². The van der Waals surface area contributed by atoms with Crippen molar-refractivity contribution in [2.45, 2.75) is 13.5 Å². The Labute approximate surface area is 176 Å². The highest BCUT2D eigenvalue weighted by atomic mass is 16.1. The van der Waals surface area contributed by atoms with Crippen molar-refractivity contribution in [3.8, 4) is 11.1 Å². The first-order valence-corrected chi connectivity index (χ1v) is 9.86. The van der Waals surface area contributed by atoms with Gasteiger partial charge in [0, 0.05) is 30.7 Å². The Bertz CT molecular complexity index is 1140. The molecule has 3 aromatic carbocycles. The quantitative estimate of drug-likeness (QED) is 0.436. The van der Waals surface area contributed by atoms with Crippen LogP contribution < -0.4 is 5.32 Å². The van der Waals surface area contributed by atoms with Crippen LogP contribution in [0.5, 0.6) is 0 Å². The second-order valence-electron chi connectivity index (χ2n) is 7.25. The fourth-order valence-electron chi connectivity index (χ4n) is 3.21. The van der Waals surface area contributed by atoms with Crippen molar-refractivity contribution in [1.29, 1.82) is 0 Å². The van der Waals surface area contributed by atoms with Gasteiger partial charge in [0.25, 0.3) is 0 Å². The molecule has 0 saturated heterocycles. The molecule has 148 valence electrons. The standard InChI is InChI=1S/C26H23N3O/c1-20-5-10-23(11-6-20)24-4-2-3-21(17-24)9-14-26(30)28-25-12-7-22(8-13-25)18-29-16-15-27-19-29/h2-17,19H,18H2,1H3,(H,28,30). The molecular weight excluding hydrogens is 370 g/mol. The molecule has 0 atom stereocenters. The zero-order valence-electron chi connectivity index (χ0n) is 16.8. The van der Waals surface area contributed by atoms with E-state index in [2.05, 4.69) is 53.6 Å². The number of hydrogen-bond donors (Lipinski definition) is 1. The summed E-state index contributed by atoms with van der Waals surface area (Å²) >= 11 is 0. The lowest BCUT2D eigenvalue weighted by Crippen LogP contribution is -2.07. The van der Waals surface area contributed by atoms with E-state index in [9.17, 15) is 4.79 Å². The van der Waals surface area contributed by atoms with E-state index in [-0.39, 0.29) is 5.91 Å². The third kappa shape index (κ3) is 5.11. The highest BCUT2D eigenvalue weighted by Gasteiger charge is 2.01. The van der Waals surface area contributed by atoms with Crippen molar-refractivity contribution in [1.82, 2.24) is 9.55 Å². The third-order valence-corrected chi connectivity index (χ3v) is 4.84. The molecule has 1 aromatic heterocycles. The first kappa shape index (κ1) is 19.4. The molecule has 4 heteroatoms. The number of amides is 1. The van der Waals surface area contributed by atoms with Crippen molar-refractivity contribution in [2.24, 2.45) is 0 Å². The number of imidazole rings is 1. The summed E-state index contributed by atoms with van der Waals surface area (Å²) in [6.07, 6.45) is 8.87. The Hall–Kier alpha value is -3.92. The summed E-state index contributed by atoms with van der Waals surface area (Å²) in [6, 6.07) is 24.4. The average Bonchev–Trinajstić information content (AvgIpc) is 3.27. The second kappa shape index (κ2) is 9.05. The van der Waals surface area contributed by atoms with Gasteiger partial charge in [-0.05, 0) is 53.5 Å². The summed E-state index contributed by atoms with van der Waals surface area (Å²) in [5, 5.41) is 2.91. The molecule has 4 nitrogen and oxygen atoms in total. The number of carbonyl (C=O) groups excluding carboxylic acids is 1. The Kier molecular flexibility index (Phi) is 5.85. The van der Waals surface area contributed by atoms with Crippen molar-refractivity contribution in [2.75, 3.05) is 5.32 Å². The number of nitrogens with zero attached hydrogens (tertiary/aromatic N) is 2. The Morgan fingerprint density at radius 1 is 1.00 bits per heavy atom. The normalized spacial score (nSPS) is 11.0. The van der Waals surface area contributed by atoms with Gasteiger partial charge in [0.2, 0.25) is 5.91 Å². The maximum Gasteiger partial charge on any atom is 0.248 e. The first-order valence-electron chi connectivity index (χ1n) is 9.86. The number of carbonyl (C=O) groups is 1. The molecule has 0 aliphatic heterocycles. The van der Waals surface area contributed by atoms with E-state index in [0.717, 1.165) is 34.5 Å².